The van der Waals surface area contributed by atoms with Gasteiger partial charge < -0.3 is 26.0 Å². The molecule has 4 aromatic carbocycles. The highest BCUT2D eigenvalue weighted by Crippen LogP contribution is 2.28. The minimum Gasteiger partial charge on any atom is -0.457 e. The van der Waals surface area contributed by atoms with Gasteiger partial charge in [0, 0.05) is 46.2 Å². The fourth-order valence-corrected chi connectivity index (χ4v) is 4.86. The first-order chi connectivity index (χ1) is 20.7. The van der Waals surface area contributed by atoms with Gasteiger partial charge in [-0.2, -0.15) is 0 Å². The predicted molar refractivity (Wildman–Crippen MR) is 187 cm³/mol. The molecule has 5 nitrogen and oxygen atoms in total. The van der Waals surface area contributed by atoms with E-state index in [1.54, 1.807) is 0 Å². The van der Waals surface area contributed by atoms with E-state index in [-0.39, 0.29) is 0 Å². The van der Waals surface area contributed by atoms with Gasteiger partial charge in [0.2, 0.25) is 0 Å². The van der Waals surface area contributed by atoms with Crippen LogP contribution in [-0.2, 0) is 0 Å². The number of benzene rings is 4. The van der Waals surface area contributed by atoms with Gasteiger partial charge in [0.05, 0.1) is 0 Å². The number of hydrogen-bond donors (Lipinski definition) is 4. The number of nitrogens with one attached hydrogen (secondary N) is 4. The number of hydrogen-bond acceptors (Lipinski definition) is 5. The van der Waals surface area contributed by atoms with Crippen molar-refractivity contribution in [3.05, 3.63) is 97.1 Å². The van der Waals surface area contributed by atoms with Gasteiger partial charge in [-0.15, -0.1) is 0 Å². The van der Waals surface area contributed by atoms with E-state index >= 15 is 0 Å². The molecule has 0 fully saturated rings. The Morgan fingerprint density at radius 3 is 0.977 bits per heavy atom. The molecule has 0 saturated carbocycles. The Balaban J connectivity index is 1.22. The molecule has 2 atom stereocenters. The molecule has 4 aromatic rings. The van der Waals surface area contributed by atoms with Gasteiger partial charge in [0.25, 0.3) is 0 Å². The number of anilines is 6. The summed E-state index contributed by atoms with van der Waals surface area (Å²) in [5.74, 6) is 3.07. The first kappa shape index (κ1) is 31.8. The van der Waals surface area contributed by atoms with E-state index < -0.39 is 0 Å². The minimum atomic E-state index is 0.467. The first-order valence-electron chi connectivity index (χ1n) is 15.9. The lowest BCUT2D eigenvalue weighted by atomic mass is 10.0. The molecule has 4 rings (SSSR count). The van der Waals surface area contributed by atoms with E-state index in [2.05, 4.69) is 111 Å². The molecule has 4 N–H and O–H groups in total. The summed E-state index contributed by atoms with van der Waals surface area (Å²) in [6.07, 6.45) is 4.83. The largest absolute Gasteiger partial charge is 0.457 e. The van der Waals surface area contributed by atoms with Gasteiger partial charge in [-0.05, 0) is 148 Å². The van der Waals surface area contributed by atoms with Crippen LogP contribution in [0.1, 0.15) is 67.2 Å². The maximum atomic E-state index is 6.09. The lowest BCUT2D eigenvalue weighted by molar-refractivity contribution is 0.483. The van der Waals surface area contributed by atoms with Crippen LogP contribution in [0.25, 0.3) is 0 Å². The summed E-state index contributed by atoms with van der Waals surface area (Å²) in [5, 5.41) is 14.1. The molecular weight excluding hydrogens is 528 g/mol. The van der Waals surface area contributed by atoms with Crippen molar-refractivity contribution in [3.63, 3.8) is 0 Å². The quantitative estimate of drug-likeness (QED) is 0.107. The van der Waals surface area contributed by atoms with Crippen molar-refractivity contribution < 1.29 is 4.74 Å². The van der Waals surface area contributed by atoms with Gasteiger partial charge in [0.15, 0.2) is 0 Å². The molecule has 5 heteroatoms. The minimum absolute atomic E-state index is 0.467. The molecule has 0 saturated heterocycles. The van der Waals surface area contributed by atoms with Crippen LogP contribution in [0.4, 0.5) is 34.1 Å². The van der Waals surface area contributed by atoms with Crippen molar-refractivity contribution >= 4 is 34.1 Å². The molecular formula is C38H50N4O. The molecule has 0 heterocycles. The third-order valence-corrected chi connectivity index (χ3v) is 7.47. The van der Waals surface area contributed by atoms with E-state index in [1.807, 2.05) is 48.5 Å². The molecule has 0 amide bonds. The van der Waals surface area contributed by atoms with E-state index in [4.69, 9.17) is 4.74 Å². The van der Waals surface area contributed by atoms with Crippen molar-refractivity contribution in [3.8, 4) is 11.5 Å². The van der Waals surface area contributed by atoms with Crippen molar-refractivity contribution in [1.82, 2.24) is 0 Å². The molecule has 0 aliphatic carbocycles. The monoisotopic (exact) mass is 578 g/mol. The van der Waals surface area contributed by atoms with Crippen LogP contribution in [0.2, 0.25) is 0 Å². The zero-order chi connectivity index (χ0) is 30.6. The van der Waals surface area contributed by atoms with E-state index in [9.17, 15) is 0 Å². The lowest BCUT2D eigenvalue weighted by Crippen LogP contribution is -2.15. The SMILES string of the molecule is CC(C)CCC(C)Nc1ccc(Nc2ccc(Oc3ccc(Nc4ccc(NC(C)CCC(C)C)cc4)cc3)cc2)cc1. The average molecular weight is 579 g/mol. The first-order valence-corrected chi connectivity index (χ1v) is 15.9. The maximum absolute atomic E-state index is 6.09. The average Bonchev–Trinajstić information content (AvgIpc) is 2.99. The van der Waals surface area contributed by atoms with Crippen molar-refractivity contribution in [2.24, 2.45) is 11.8 Å². The molecule has 0 aromatic heterocycles. The molecule has 43 heavy (non-hydrogen) atoms. The molecule has 0 aliphatic rings. The maximum Gasteiger partial charge on any atom is 0.127 e. The van der Waals surface area contributed by atoms with E-state index in [1.165, 1.54) is 25.7 Å². The molecule has 0 spiro atoms. The Hall–Kier alpha value is -4.12. The molecule has 228 valence electrons. The van der Waals surface area contributed by atoms with Crippen LogP contribution in [0.15, 0.2) is 97.1 Å². The lowest BCUT2D eigenvalue weighted by Gasteiger charge is -2.17. The van der Waals surface area contributed by atoms with E-state index in [0.29, 0.717) is 12.1 Å². The Labute approximate surface area is 259 Å². The van der Waals surface area contributed by atoms with Crippen LogP contribution in [-0.4, -0.2) is 12.1 Å². The standard InChI is InChI=1S/C38H50N4O/c1-27(2)7-9-29(5)39-31-11-15-33(16-12-31)41-35-19-23-37(24-20-35)43-38-25-21-36(22-26-38)42-34-17-13-32(14-18-34)40-30(6)10-8-28(3)4/h11-30,39-42H,7-10H2,1-6H3. The summed E-state index contributed by atoms with van der Waals surface area (Å²) in [6.45, 7) is 13.6. The Kier molecular flexibility index (Phi) is 11.8. The summed E-state index contributed by atoms with van der Waals surface area (Å²) < 4.78 is 6.09. The van der Waals surface area contributed by atoms with Crippen LogP contribution < -0.4 is 26.0 Å². The number of rotatable bonds is 16. The zero-order valence-electron chi connectivity index (χ0n) is 26.8. The van der Waals surface area contributed by atoms with Crippen LogP contribution in [0.5, 0.6) is 11.5 Å². The fourth-order valence-electron chi connectivity index (χ4n) is 4.86. The third-order valence-electron chi connectivity index (χ3n) is 7.47. The fraction of sp³-hybridized carbons (Fsp3) is 0.368. The van der Waals surface area contributed by atoms with Crippen LogP contribution >= 0.6 is 0 Å². The normalized spacial score (nSPS) is 12.6. The summed E-state index contributed by atoms with van der Waals surface area (Å²) in [5.41, 5.74) is 6.45. The summed E-state index contributed by atoms with van der Waals surface area (Å²) in [4.78, 5) is 0. The second-order valence-corrected chi connectivity index (χ2v) is 12.6. The van der Waals surface area contributed by atoms with Crippen molar-refractivity contribution in [1.29, 1.82) is 0 Å². The summed E-state index contributed by atoms with van der Waals surface area (Å²) in [7, 11) is 0. The van der Waals surface area contributed by atoms with Gasteiger partial charge in [-0.1, -0.05) is 27.7 Å². The van der Waals surface area contributed by atoms with Gasteiger partial charge >= 0.3 is 0 Å². The van der Waals surface area contributed by atoms with Gasteiger partial charge in [0.1, 0.15) is 11.5 Å². The molecule has 0 bridgehead atoms. The van der Waals surface area contributed by atoms with Crippen LogP contribution in [0, 0.1) is 11.8 Å². The second-order valence-electron chi connectivity index (χ2n) is 12.6. The predicted octanol–water partition coefficient (Wildman–Crippen LogP) is 11.4. The Bertz CT molecular complexity index is 1240. The molecule has 2 unspecified atom stereocenters. The zero-order valence-corrected chi connectivity index (χ0v) is 26.8. The third kappa shape index (κ3) is 11.2. The van der Waals surface area contributed by atoms with Crippen molar-refractivity contribution in [2.75, 3.05) is 21.3 Å². The smallest absolute Gasteiger partial charge is 0.127 e. The van der Waals surface area contributed by atoms with Crippen molar-refractivity contribution in [2.45, 2.75) is 79.3 Å². The molecule has 0 aliphatic heterocycles. The van der Waals surface area contributed by atoms with Crippen LogP contribution in [0.3, 0.4) is 0 Å². The molecule has 0 radical (unpaired) electrons. The number of ether oxygens (including phenoxy) is 1. The Morgan fingerprint density at radius 1 is 0.395 bits per heavy atom. The highest BCUT2D eigenvalue weighted by Gasteiger charge is 2.06. The summed E-state index contributed by atoms with van der Waals surface area (Å²) in [6, 6.07) is 34.0. The van der Waals surface area contributed by atoms with Gasteiger partial charge in [-0.3, -0.25) is 0 Å². The summed E-state index contributed by atoms with van der Waals surface area (Å²) >= 11 is 0. The Morgan fingerprint density at radius 2 is 0.674 bits per heavy atom. The van der Waals surface area contributed by atoms with E-state index in [0.717, 1.165) is 57.5 Å². The van der Waals surface area contributed by atoms with Gasteiger partial charge in [-0.25, -0.2) is 0 Å². The second kappa shape index (κ2) is 15.9. The highest BCUT2D eigenvalue weighted by atomic mass is 16.5. The topological polar surface area (TPSA) is 57.4 Å². The highest BCUT2D eigenvalue weighted by molar-refractivity contribution is 5.64.